The van der Waals surface area contributed by atoms with Gasteiger partial charge in [0.25, 0.3) is 11.5 Å². The van der Waals surface area contributed by atoms with Crippen molar-refractivity contribution in [3.8, 4) is 11.3 Å². The lowest BCUT2D eigenvalue weighted by Crippen LogP contribution is -2.31. The Kier molecular flexibility index (Phi) is 7.31. The normalized spacial score (nSPS) is 19.8. The Bertz CT molecular complexity index is 1360. The fourth-order valence-electron chi connectivity index (χ4n) is 5.44. The highest BCUT2D eigenvalue weighted by atomic mass is 32.2. The average molecular weight is 537 g/mol. The fourth-order valence-corrected chi connectivity index (χ4v) is 6.25. The molecule has 1 aliphatic carbocycles. The average Bonchev–Trinajstić information content (AvgIpc) is 3.08. The van der Waals surface area contributed by atoms with Crippen LogP contribution in [0.4, 0.5) is 22.0 Å². The lowest BCUT2D eigenvalue weighted by Gasteiger charge is -2.23. The molecule has 198 valence electrons. The number of alkyl halides is 5. The molecule has 0 amide bonds. The molecule has 0 N–H and O–H groups in total. The van der Waals surface area contributed by atoms with Gasteiger partial charge in [0.15, 0.2) is 0 Å². The summed E-state index contributed by atoms with van der Waals surface area (Å²) < 4.78 is 69.2. The minimum absolute atomic E-state index is 0.134. The summed E-state index contributed by atoms with van der Waals surface area (Å²) in [6, 6.07) is 10.0. The van der Waals surface area contributed by atoms with Gasteiger partial charge in [0.1, 0.15) is 0 Å². The van der Waals surface area contributed by atoms with E-state index in [1.807, 2.05) is 26.8 Å². The molecule has 9 heteroatoms. The first-order valence-electron chi connectivity index (χ1n) is 12.3. The number of aromatic nitrogens is 2. The topological polar surface area (TPSA) is 34.9 Å². The van der Waals surface area contributed by atoms with Gasteiger partial charge < -0.3 is 4.57 Å². The number of halogens is 5. The molecule has 0 saturated heterocycles. The molecule has 1 aliphatic rings. The lowest BCUT2D eigenvalue weighted by molar-refractivity contribution is -0.137. The molecular weight excluding hydrogens is 507 g/mol. The van der Waals surface area contributed by atoms with Crippen molar-refractivity contribution < 1.29 is 22.0 Å². The Hall–Kier alpha value is -2.68. The van der Waals surface area contributed by atoms with Gasteiger partial charge in [0, 0.05) is 35.4 Å². The lowest BCUT2D eigenvalue weighted by atomic mass is 9.85. The van der Waals surface area contributed by atoms with Crippen LogP contribution >= 0.6 is 11.8 Å². The third-order valence-electron chi connectivity index (χ3n) is 7.17. The Labute approximate surface area is 217 Å². The number of benzene rings is 1. The Morgan fingerprint density at radius 3 is 2.16 bits per heavy atom. The van der Waals surface area contributed by atoms with Crippen LogP contribution in [0, 0.1) is 0 Å². The number of hydrogen-bond donors (Lipinski definition) is 0. The second-order valence-electron chi connectivity index (χ2n) is 9.53. The van der Waals surface area contributed by atoms with Crippen molar-refractivity contribution in [2.45, 2.75) is 75.9 Å². The molecule has 0 spiro atoms. The van der Waals surface area contributed by atoms with Crippen LogP contribution in [0.1, 0.15) is 80.5 Å². The van der Waals surface area contributed by atoms with E-state index < -0.39 is 23.2 Å². The molecule has 2 aromatic heterocycles. The third-order valence-corrected chi connectivity index (χ3v) is 8.11. The van der Waals surface area contributed by atoms with Crippen LogP contribution in [0.25, 0.3) is 11.3 Å². The second-order valence-corrected chi connectivity index (χ2v) is 10.8. The molecule has 0 aliphatic heterocycles. The highest BCUT2D eigenvalue weighted by Crippen LogP contribution is 2.52. The van der Waals surface area contributed by atoms with Crippen LogP contribution in [0.3, 0.4) is 0 Å². The van der Waals surface area contributed by atoms with Crippen LogP contribution in [0.5, 0.6) is 0 Å². The van der Waals surface area contributed by atoms with Crippen molar-refractivity contribution in [3.05, 3.63) is 80.9 Å². The van der Waals surface area contributed by atoms with Gasteiger partial charge in [-0.3, -0.25) is 9.78 Å². The molecule has 37 heavy (non-hydrogen) atoms. The third kappa shape index (κ3) is 4.94. The fraction of sp³-hybridized carbons (Fsp3) is 0.429. The van der Waals surface area contributed by atoms with E-state index in [0.717, 1.165) is 40.0 Å². The van der Waals surface area contributed by atoms with Crippen molar-refractivity contribution in [2.75, 3.05) is 5.75 Å². The van der Waals surface area contributed by atoms with Crippen molar-refractivity contribution in [1.29, 1.82) is 0 Å². The Morgan fingerprint density at radius 2 is 1.62 bits per heavy atom. The number of nitrogens with zero attached hydrogens (tertiary/aromatic N) is 2. The van der Waals surface area contributed by atoms with E-state index >= 15 is 0 Å². The summed E-state index contributed by atoms with van der Waals surface area (Å²) in [6.07, 6.45) is -4.43. The van der Waals surface area contributed by atoms with E-state index in [0.29, 0.717) is 22.4 Å². The van der Waals surface area contributed by atoms with Crippen LogP contribution in [-0.4, -0.2) is 15.3 Å². The molecule has 0 radical (unpaired) electrons. The number of pyridine rings is 2. The van der Waals surface area contributed by atoms with Crippen molar-refractivity contribution in [3.63, 3.8) is 0 Å². The number of hydrogen-bond acceptors (Lipinski definition) is 3. The number of fused-ring (bicyclic) bond motifs is 1. The molecule has 3 aromatic rings. The zero-order valence-corrected chi connectivity index (χ0v) is 22.1. The van der Waals surface area contributed by atoms with Gasteiger partial charge in [-0.25, -0.2) is 8.78 Å². The van der Waals surface area contributed by atoms with Crippen molar-refractivity contribution in [2.24, 2.45) is 0 Å². The van der Waals surface area contributed by atoms with E-state index in [9.17, 15) is 26.7 Å². The summed E-state index contributed by atoms with van der Waals surface area (Å²) in [6.45, 7) is 8.46. The zero-order valence-electron chi connectivity index (χ0n) is 21.3. The predicted molar refractivity (Wildman–Crippen MR) is 137 cm³/mol. The van der Waals surface area contributed by atoms with E-state index in [1.54, 1.807) is 24.8 Å². The molecule has 1 aromatic carbocycles. The SMILES string of the molecule is CCSc1ccc(-c2ccc(C(F)(F)F)cc2)nc1C1C(C)c2c(cc(C(C)(F)F)n(CC)c2=O)[C@H]1C. The summed E-state index contributed by atoms with van der Waals surface area (Å²) in [5.41, 5.74) is 1.49. The van der Waals surface area contributed by atoms with E-state index in [4.69, 9.17) is 4.98 Å². The first-order valence-corrected chi connectivity index (χ1v) is 13.2. The second kappa shape index (κ2) is 9.89. The molecule has 4 rings (SSSR count). The molecule has 3 nitrogen and oxygen atoms in total. The largest absolute Gasteiger partial charge is 0.416 e. The predicted octanol–water partition coefficient (Wildman–Crippen LogP) is 8.18. The number of thioether (sulfide) groups is 1. The van der Waals surface area contributed by atoms with Crippen LogP contribution in [0.2, 0.25) is 0 Å². The summed E-state index contributed by atoms with van der Waals surface area (Å²) in [5, 5.41) is 0. The van der Waals surface area contributed by atoms with Crippen LogP contribution in [-0.2, 0) is 18.6 Å². The van der Waals surface area contributed by atoms with E-state index in [1.165, 1.54) is 18.2 Å². The van der Waals surface area contributed by atoms with Crippen LogP contribution in [0.15, 0.2) is 52.2 Å². The highest BCUT2D eigenvalue weighted by Gasteiger charge is 2.43. The minimum atomic E-state index is -4.43. The maximum absolute atomic E-state index is 14.5. The Balaban J connectivity index is 1.85. The number of rotatable bonds is 6. The van der Waals surface area contributed by atoms with Gasteiger partial charge in [-0.2, -0.15) is 13.2 Å². The monoisotopic (exact) mass is 536 g/mol. The van der Waals surface area contributed by atoms with E-state index in [2.05, 4.69) is 0 Å². The highest BCUT2D eigenvalue weighted by molar-refractivity contribution is 7.99. The van der Waals surface area contributed by atoms with E-state index in [-0.39, 0.29) is 30.0 Å². The first kappa shape index (κ1) is 27.4. The quantitative estimate of drug-likeness (QED) is 0.235. The van der Waals surface area contributed by atoms with Gasteiger partial charge >= 0.3 is 6.18 Å². The molecular formula is C28H29F5N2OS. The van der Waals surface area contributed by atoms with Gasteiger partial charge in [0.2, 0.25) is 0 Å². The molecule has 0 saturated carbocycles. The standard InChI is InChI=1S/C28H29F5N2OS/c1-6-35-22(27(5,29)30)14-19-15(3)23(16(4)24(19)26(35)36)25-21(37-7-2)13-12-20(34-25)17-8-10-18(11-9-17)28(31,32)33/h8-16,23H,6-7H2,1-5H3/t15-,16?,23?/m1/s1. The molecule has 0 bridgehead atoms. The summed E-state index contributed by atoms with van der Waals surface area (Å²) in [5.74, 6) is -3.18. The van der Waals surface area contributed by atoms with Crippen molar-refractivity contribution in [1.82, 2.24) is 9.55 Å². The molecule has 0 fully saturated rings. The van der Waals surface area contributed by atoms with Gasteiger partial charge in [-0.05, 0) is 60.4 Å². The van der Waals surface area contributed by atoms with Crippen molar-refractivity contribution >= 4 is 11.8 Å². The molecule has 2 unspecified atom stereocenters. The summed E-state index contributed by atoms with van der Waals surface area (Å²) in [4.78, 5) is 19.2. The summed E-state index contributed by atoms with van der Waals surface area (Å²) >= 11 is 1.59. The van der Waals surface area contributed by atoms with Gasteiger partial charge in [-0.15, -0.1) is 11.8 Å². The maximum atomic E-state index is 14.5. The van der Waals surface area contributed by atoms with Gasteiger partial charge in [0.05, 0.1) is 22.6 Å². The molecule has 2 heterocycles. The van der Waals surface area contributed by atoms with Crippen LogP contribution < -0.4 is 5.56 Å². The smallest absolute Gasteiger partial charge is 0.307 e. The minimum Gasteiger partial charge on any atom is -0.307 e. The Morgan fingerprint density at radius 1 is 0.973 bits per heavy atom. The first-order chi connectivity index (χ1) is 17.3. The zero-order chi connectivity index (χ0) is 27.3. The summed E-state index contributed by atoms with van der Waals surface area (Å²) in [7, 11) is 0. The molecule has 3 atom stereocenters. The van der Waals surface area contributed by atoms with Gasteiger partial charge in [-0.1, -0.05) is 32.9 Å². The maximum Gasteiger partial charge on any atom is 0.416 e.